The van der Waals surface area contributed by atoms with E-state index >= 15 is 0 Å². The molecule has 8 nitrogen and oxygen atoms in total. The number of anilines is 1. The van der Waals surface area contributed by atoms with Crippen molar-refractivity contribution in [3.8, 4) is 17.6 Å². The Morgan fingerprint density at radius 1 is 1.20 bits per heavy atom. The van der Waals surface area contributed by atoms with Gasteiger partial charge in [0, 0.05) is 23.9 Å². The van der Waals surface area contributed by atoms with Crippen molar-refractivity contribution in [1.29, 1.82) is 5.26 Å². The maximum absolute atomic E-state index is 12.6. The summed E-state index contributed by atoms with van der Waals surface area (Å²) in [5.41, 5.74) is 1.60. The number of rotatable bonds is 9. The molecular weight excluding hydrogens is 538 g/mol. The van der Waals surface area contributed by atoms with Crippen LogP contribution in [0.4, 0.5) is 11.4 Å². The smallest absolute Gasteiger partial charge is 0.269 e. The lowest BCUT2D eigenvalue weighted by Crippen LogP contribution is -2.13. The Hall–Kier alpha value is -3.87. The molecule has 10 heteroatoms. The minimum absolute atomic E-state index is 0.0107. The summed E-state index contributed by atoms with van der Waals surface area (Å²) in [6.07, 6.45) is 1.42. The molecule has 1 N–H and O–H groups in total. The molecule has 0 bridgehead atoms. The first kappa shape index (κ1) is 25.7. The van der Waals surface area contributed by atoms with Crippen molar-refractivity contribution in [1.82, 2.24) is 0 Å². The normalized spacial score (nSPS) is 10.9. The molecule has 0 fully saturated rings. The van der Waals surface area contributed by atoms with E-state index in [-0.39, 0.29) is 22.9 Å². The number of halogens is 2. The van der Waals surface area contributed by atoms with Crippen LogP contribution in [0.15, 0.2) is 70.7 Å². The summed E-state index contributed by atoms with van der Waals surface area (Å²) in [7, 11) is 0. The summed E-state index contributed by atoms with van der Waals surface area (Å²) in [6, 6.07) is 18.0. The summed E-state index contributed by atoms with van der Waals surface area (Å²) in [5.74, 6) is 0.387. The van der Waals surface area contributed by atoms with E-state index in [0.717, 1.165) is 5.56 Å². The summed E-state index contributed by atoms with van der Waals surface area (Å²) < 4.78 is 11.7. The average Bonchev–Trinajstić information content (AvgIpc) is 2.82. The Balaban J connectivity index is 1.73. The lowest BCUT2D eigenvalue weighted by atomic mass is 10.1. The zero-order valence-corrected chi connectivity index (χ0v) is 20.8. The highest BCUT2D eigenvalue weighted by molar-refractivity contribution is 9.10. The number of nitriles is 1. The van der Waals surface area contributed by atoms with Crippen LogP contribution < -0.4 is 14.8 Å². The molecule has 0 unspecified atom stereocenters. The summed E-state index contributed by atoms with van der Waals surface area (Å²) in [5, 5.41) is 23.2. The van der Waals surface area contributed by atoms with Crippen LogP contribution in [0.25, 0.3) is 6.08 Å². The molecule has 1 amide bonds. The van der Waals surface area contributed by atoms with Crippen molar-refractivity contribution in [2.45, 2.75) is 13.5 Å². The monoisotopic (exact) mass is 555 g/mol. The number of nitro groups is 1. The lowest BCUT2D eigenvalue weighted by Gasteiger charge is -2.11. The van der Waals surface area contributed by atoms with Crippen LogP contribution in [-0.4, -0.2) is 17.4 Å². The van der Waals surface area contributed by atoms with Gasteiger partial charge in [-0.3, -0.25) is 14.9 Å². The first-order valence-electron chi connectivity index (χ1n) is 10.3. The van der Waals surface area contributed by atoms with Gasteiger partial charge in [0.2, 0.25) is 0 Å². The molecule has 3 aromatic carbocycles. The van der Waals surface area contributed by atoms with Crippen LogP contribution in [0.5, 0.6) is 11.5 Å². The Morgan fingerprint density at radius 3 is 2.57 bits per heavy atom. The van der Waals surface area contributed by atoms with Crippen LogP contribution in [0, 0.1) is 21.4 Å². The summed E-state index contributed by atoms with van der Waals surface area (Å²) in [6.45, 7) is 2.49. The molecule has 0 aliphatic carbocycles. The molecule has 0 saturated heterocycles. The fourth-order valence-electron chi connectivity index (χ4n) is 3.01. The van der Waals surface area contributed by atoms with Crippen molar-refractivity contribution < 1.29 is 19.2 Å². The second kappa shape index (κ2) is 12.0. The van der Waals surface area contributed by atoms with Crippen molar-refractivity contribution in [3.05, 3.63) is 97.0 Å². The molecule has 0 aliphatic heterocycles. The van der Waals surface area contributed by atoms with Gasteiger partial charge in [0.25, 0.3) is 11.6 Å². The van der Waals surface area contributed by atoms with Gasteiger partial charge in [-0.2, -0.15) is 5.26 Å². The summed E-state index contributed by atoms with van der Waals surface area (Å²) in [4.78, 5) is 22.9. The van der Waals surface area contributed by atoms with Gasteiger partial charge in [-0.25, -0.2) is 0 Å². The van der Waals surface area contributed by atoms with E-state index in [1.54, 1.807) is 48.5 Å². The van der Waals surface area contributed by atoms with Crippen LogP contribution in [0.3, 0.4) is 0 Å². The number of ether oxygens (including phenoxy) is 2. The molecule has 0 atom stereocenters. The predicted molar refractivity (Wildman–Crippen MR) is 136 cm³/mol. The molecule has 0 radical (unpaired) electrons. The number of benzene rings is 3. The number of hydrogen-bond donors (Lipinski definition) is 1. The van der Waals surface area contributed by atoms with Gasteiger partial charge < -0.3 is 14.8 Å². The number of hydrogen-bond acceptors (Lipinski definition) is 6. The fraction of sp³-hybridized carbons (Fsp3) is 0.120. The van der Waals surface area contributed by atoms with Crippen LogP contribution in [0.2, 0.25) is 5.02 Å². The number of nitro benzene ring substituents is 1. The van der Waals surface area contributed by atoms with E-state index in [4.69, 9.17) is 21.1 Å². The molecule has 35 heavy (non-hydrogen) atoms. The van der Waals surface area contributed by atoms with Crippen molar-refractivity contribution >= 4 is 50.9 Å². The second-order valence-electron chi connectivity index (χ2n) is 7.11. The van der Waals surface area contributed by atoms with Gasteiger partial charge in [0.05, 0.1) is 21.0 Å². The average molecular weight is 557 g/mol. The fourth-order valence-corrected chi connectivity index (χ4v) is 4.00. The third kappa shape index (κ3) is 7.06. The quantitative estimate of drug-likeness (QED) is 0.139. The second-order valence-corrected chi connectivity index (χ2v) is 8.37. The number of carbonyl (C=O) groups is 1. The zero-order valence-electron chi connectivity index (χ0n) is 18.5. The van der Waals surface area contributed by atoms with E-state index in [2.05, 4.69) is 21.2 Å². The van der Waals surface area contributed by atoms with Gasteiger partial charge in [-0.05, 0) is 76.5 Å². The number of carbonyl (C=O) groups excluding carboxylic acids is 1. The SMILES string of the molecule is CCOc1cccc(NC(=O)/C(C#N)=C\c2cc(Cl)c(OCc3ccc([N+](=O)[O-])cc3)c(Br)c2)c1. The molecule has 0 saturated carbocycles. The van der Waals surface area contributed by atoms with Gasteiger partial charge in [-0.1, -0.05) is 17.7 Å². The van der Waals surface area contributed by atoms with Crippen LogP contribution in [-0.2, 0) is 11.4 Å². The Bertz CT molecular complexity index is 1300. The molecule has 178 valence electrons. The number of non-ortho nitro benzene ring substituents is 1. The highest BCUT2D eigenvalue weighted by Crippen LogP contribution is 2.36. The first-order chi connectivity index (χ1) is 16.8. The largest absolute Gasteiger partial charge is 0.494 e. The third-order valence-electron chi connectivity index (χ3n) is 4.63. The van der Waals surface area contributed by atoms with Crippen LogP contribution >= 0.6 is 27.5 Å². The maximum Gasteiger partial charge on any atom is 0.269 e. The van der Waals surface area contributed by atoms with Crippen LogP contribution in [0.1, 0.15) is 18.1 Å². The maximum atomic E-state index is 12.6. The van der Waals surface area contributed by atoms with Crippen molar-refractivity contribution in [3.63, 3.8) is 0 Å². The van der Waals surface area contributed by atoms with Gasteiger partial charge in [0.1, 0.15) is 24.0 Å². The van der Waals surface area contributed by atoms with E-state index < -0.39 is 10.8 Å². The Labute approximate surface area is 215 Å². The van der Waals surface area contributed by atoms with Crippen molar-refractivity contribution in [2.24, 2.45) is 0 Å². The molecule has 0 heterocycles. The topological polar surface area (TPSA) is 114 Å². The predicted octanol–water partition coefficient (Wildman–Crippen LogP) is 6.53. The highest BCUT2D eigenvalue weighted by atomic mass is 79.9. The molecule has 3 rings (SSSR count). The number of amides is 1. The van der Waals surface area contributed by atoms with E-state index in [0.29, 0.717) is 33.8 Å². The van der Waals surface area contributed by atoms with E-state index in [1.807, 2.05) is 13.0 Å². The number of nitrogens with one attached hydrogen (secondary N) is 1. The standard InChI is InChI=1S/C25H19BrClN3O5/c1-2-34-21-5-3-4-19(13-21)29-25(31)18(14-28)10-17-11-22(26)24(23(27)12-17)35-15-16-6-8-20(9-7-16)30(32)33/h3-13H,2,15H2,1H3,(H,29,31)/b18-10-. The molecule has 3 aromatic rings. The first-order valence-corrected chi connectivity index (χ1v) is 11.5. The number of nitrogens with zero attached hydrogens (tertiary/aromatic N) is 2. The van der Waals surface area contributed by atoms with E-state index in [1.165, 1.54) is 18.2 Å². The van der Waals surface area contributed by atoms with Crippen molar-refractivity contribution in [2.75, 3.05) is 11.9 Å². The molecule has 0 aromatic heterocycles. The lowest BCUT2D eigenvalue weighted by molar-refractivity contribution is -0.384. The van der Waals surface area contributed by atoms with E-state index in [9.17, 15) is 20.2 Å². The Morgan fingerprint density at radius 2 is 1.94 bits per heavy atom. The minimum Gasteiger partial charge on any atom is -0.494 e. The zero-order chi connectivity index (χ0) is 25.4. The molecule has 0 aliphatic rings. The van der Waals surface area contributed by atoms with Gasteiger partial charge in [0.15, 0.2) is 5.75 Å². The minimum atomic E-state index is -0.577. The van der Waals surface area contributed by atoms with Gasteiger partial charge in [-0.15, -0.1) is 0 Å². The Kier molecular flexibility index (Phi) is 8.84. The molecular formula is C25H19BrClN3O5. The summed E-state index contributed by atoms with van der Waals surface area (Å²) >= 11 is 9.78. The molecule has 0 spiro atoms. The third-order valence-corrected chi connectivity index (χ3v) is 5.50. The highest BCUT2D eigenvalue weighted by Gasteiger charge is 2.14. The van der Waals surface area contributed by atoms with Gasteiger partial charge >= 0.3 is 0 Å².